The van der Waals surface area contributed by atoms with Crippen LogP contribution in [0.5, 0.6) is 0 Å². The predicted octanol–water partition coefficient (Wildman–Crippen LogP) is 1.50. The van der Waals surface area contributed by atoms with Crippen molar-refractivity contribution in [2.24, 2.45) is 5.92 Å². The maximum Gasteiger partial charge on any atom is 0.229 e. The summed E-state index contributed by atoms with van der Waals surface area (Å²) in [7, 11) is 0. The Labute approximate surface area is 114 Å². The second-order valence-corrected chi connectivity index (χ2v) is 6.04. The standard InChI is InChI=1S/C12H17N3O3S/c1-8-6-13-12(14-7-8)15-11(16)9-2-4-10(5-3-9)19(17)18/h6-7,9-10H,2-5H2,1H3,(H,17,18)(H,13,14,15,16). The van der Waals surface area contributed by atoms with Crippen molar-refractivity contribution in [3.8, 4) is 0 Å². The van der Waals surface area contributed by atoms with Gasteiger partial charge in [-0.15, -0.1) is 0 Å². The molecule has 1 aliphatic carbocycles. The molecule has 2 N–H and O–H groups in total. The fraction of sp³-hybridized carbons (Fsp3) is 0.583. The molecule has 2 rings (SSSR count). The maximum atomic E-state index is 12.0. The van der Waals surface area contributed by atoms with Gasteiger partial charge in [0.25, 0.3) is 0 Å². The van der Waals surface area contributed by atoms with E-state index in [9.17, 15) is 9.00 Å². The Hall–Kier alpha value is -1.34. The minimum Gasteiger partial charge on any atom is -0.306 e. The summed E-state index contributed by atoms with van der Waals surface area (Å²) in [4.78, 5) is 20.0. The van der Waals surface area contributed by atoms with Crippen LogP contribution in [0.1, 0.15) is 31.2 Å². The number of carbonyl (C=O) groups excluding carboxylic acids is 1. The lowest BCUT2D eigenvalue weighted by atomic mass is 9.88. The molecule has 104 valence electrons. The van der Waals surface area contributed by atoms with Crippen LogP contribution in [0.4, 0.5) is 5.95 Å². The molecular formula is C12H17N3O3S. The van der Waals surface area contributed by atoms with Gasteiger partial charge in [0.05, 0.1) is 5.25 Å². The van der Waals surface area contributed by atoms with Crippen LogP contribution in [0.15, 0.2) is 12.4 Å². The molecule has 0 spiro atoms. The lowest BCUT2D eigenvalue weighted by molar-refractivity contribution is -0.120. The van der Waals surface area contributed by atoms with Gasteiger partial charge < -0.3 is 4.55 Å². The van der Waals surface area contributed by atoms with E-state index in [0.717, 1.165) is 5.56 Å². The van der Waals surface area contributed by atoms with Crippen LogP contribution >= 0.6 is 0 Å². The maximum absolute atomic E-state index is 12.0. The fourth-order valence-corrected chi connectivity index (χ4v) is 2.87. The van der Waals surface area contributed by atoms with Gasteiger partial charge in [-0.1, -0.05) is 0 Å². The third-order valence-electron chi connectivity index (χ3n) is 3.35. The first-order chi connectivity index (χ1) is 9.06. The summed E-state index contributed by atoms with van der Waals surface area (Å²) in [5.41, 5.74) is 0.934. The molecule has 0 bridgehead atoms. The molecule has 0 aliphatic heterocycles. The summed E-state index contributed by atoms with van der Waals surface area (Å²) < 4.78 is 20.0. The van der Waals surface area contributed by atoms with Crippen LogP contribution in [0.25, 0.3) is 0 Å². The van der Waals surface area contributed by atoms with Crippen LogP contribution in [-0.2, 0) is 15.9 Å². The molecule has 0 radical (unpaired) electrons. The number of hydrogen-bond donors (Lipinski definition) is 2. The Bertz CT molecular complexity index is 470. The molecule has 1 saturated carbocycles. The van der Waals surface area contributed by atoms with Crippen LogP contribution in [-0.4, -0.2) is 29.9 Å². The minimum absolute atomic E-state index is 0.106. The van der Waals surface area contributed by atoms with Crippen LogP contribution in [0.2, 0.25) is 0 Å². The minimum atomic E-state index is -1.78. The van der Waals surface area contributed by atoms with Crippen LogP contribution in [0, 0.1) is 12.8 Å². The number of rotatable bonds is 3. The van der Waals surface area contributed by atoms with Gasteiger partial charge in [0.1, 0.15) is 0 Å². The highest BCUT2D eigenvalue weighted by Crippen LogP contribution is 2.27. The topological polar surface area (TPSA) is 92.2 Å². The third-order valence-corrected chi connectivity index (χ3v) is 4.39. The van der Waals surface area contributed by atoms with Crippen molar-refractivity contribution in [2.45, 2.75) is 37.9 Å². The van der Waals surface area contributed by atoms with Gasteiger partial charge >= 0.3 is 0 Å². The third kappa shape index (κ3) is 3.81. The first-order valence-corrected chi connectivity index (χ1v) is 7.42. The van der Waals surface area contributed by atoms with Gasteiger partial charge in [-0.2, -0.15) is 0 Å². The largest absolute Gasteiger partial charge is 0.306 e. The number of aromatic nitrogens is 2. The highest BCUT2D eigenvalue weighted by atomic mass is 32.2. The van der Waals surface area contributed by atoms with Crippen molar-refractivity contribution >= 4 is 22.9 Å². The zero-order chi connectivity index (χ0) is 13.8. The van der Waals surface area contributed by atoms with E-state index < -0.39 is 11.1 Å². The molecule has 1 aromatic heterocycles. The summed E-state index contributed by atoms with van der Waals surface area (Å²) in [6, 6.07) is 0. The van der Waals surface area contributed by atoms with Gasteiger partial charge in [0, 0.05) is 18.3 Å². The van der Waals surface area contributed by atoms with Crippen molar-refractivity contribution in [3.05, 3.63) is 18.0 Å². The molecule has 1 heterocycles. The van der Waals surface area contributed by atoms with E-state index in [-0.39, 0.29) is 17.1 Å². The fourth-order valence-electron chi connectivity index (χ4n) is 2.20. The van der Waals surface area contributed by atoms with Crippen molar-refractivity contribution < 1.29 is 13.6 Å². The van der Waals surface area contributed by atoms with Crippen LogP contribution < -0.4 is 5.32 Å². The Morgan fingerprint density at radius 3 is 2.42 bits per heavy atom. The number of nitrogens with zero attached hydrogens (tertiary/aromatic N) is 2. The van der Waals surface area contributed by atoms with Gasteiger partial charge in [0.15, 0.2) is 11.1 Å². The number of aryl methyl sites for hydroxylation is 1. The second kappa shape index (κ2) is 6.21. The van der Waals surface area contributed by atoms with Crippen molar-refractivity contribution in [1.29, 1.82) is 0 Å². The van der Waals surface area contributed by atoms with Crippen molar-refractivity contribution in [3.63, 3.8) is 0 Å². The van der Waals surface area contributed by atoms with Gasteiger partial charge in [-0.3, -0.25) is 10.1 Å². The quantitative estimate of drug-likeness (QED) is 0.820. The lowest BCUT2D eigenvalue weighted by Gasteiger charge is -2.25. The van der Waals surface area contributed by atoms with Gasteiger partial charge in [-0.25, -0.2) is 14.2 Å². The Kier molecular flexibility index (Phi) is 4.60. The number of amides is 1. The molecule has 1 aliphatic rings. The molecule has 0 saturated heterocycles. The summed E-state index contributed by atoms with van der Waals surface area (Å²) in [6.45, 7) is 1.88. The van der Waals surface area contributed by atoms with Crippen molar-refractivity contribution in [2.75, 3.05) is 5.32 Å². The molecule has 6 nitrogen and oxygen atoms in total. The molecule has 1 aromatic rings. The molecule has 1 fully saturated rings. The van der Waals surface area contributed by atoms with Crippen LogP contribution in [0.3, 0.4) is 0 Å². The Morgan fingerprint density at radius 1 is 1.32 bits per heavy atom. The molecule has 1 amide bonds. The van der Waals surface area contributed by atoms with E-state index in [1.807, 2.05) is 6.92 Å². The Morgan fingerprint density at radius 2 is 1.89 bits per heavy atom. The number of nitrogens with one attached hydrogen (secondary N) is 1. The number of hydrogen-bond acceptors (Lipinski definition) is 4. The van der Waals surface area contributed by atoms with Gasteiger partial charge in [-0.05, 0) is 38.2 Å². The molecule has 7 heteroatoms. The number of carbonyl (C=O) groups is 1. The molecule has 1 unspecified atom stereocenters. The highest BCUT2D eigenvalue weighted by Gasteiger charge is 2.29. The highest BCUT2D eigenvalue weighted by molar-refractivity contribution is 7.79. The average Bonchev–Trinajstić information content (AvgIpc) is 2.41. The van der Waals surface area contributed by atoms with Crippen molar-refractivity contribution in [1.82, 2.24) is 9.97 Å². The zero-order valence-corrected chi connectivity index (χ0v) is 11.5. The monoisotopic (exact) mass is 283 g/mol. The summed E-state index contributed by atoms with van der Waals surface area (Å²) in [5, 5.41) is 2.49. The Balaban J connectivity index is 1.88. The first-order valence-electron chi connectivity index (χ1n) is 6.25. The van der Waals surface area contributed by atoms with E-state index in [1.54, 1.807) is 12.4 Å². The zero-order valence-electron chi connectivity index (χ0n) is 10.7. The molecule has 0 aromatic carbocycles. The smallest absolute Gasteiger partial charge is 0.229 e. The van der Waals surface area contributed by atoms with E-state index in [4.69, 9.17) is 4.55 Å². The molecule has 1 atom stereocenters. The van der Waals surface area contributed by atoms with E-state index >= 15 is 0 Å². The number of anilines is 1. The van der Waals surface area contributed by atoms with E-state index in [0.29, 0.717) is 31.6 Å². The second-order valence-electron chi connectivity index (χ2n) is 4.82. The first kappa shape index (κ1) is 14.1. The molecular weight excluding hydrogens is 266 g/mol. The normalized spacial score (nSPS) is 24.7. The summed E-state index contributed by atoms with van der Waals surface area (Å²) in [6.07, 6.45) is 5.78. The summed E-state index contributed by atoms with van der Waals surface area (Å²) >= 11 is -1.78. The lowest BCUT2D eigenvalue weighted by Crippen LogP contribution is -2.30. The molecule has 19 heavy (non-hydrogen) atoms. The SMILES string of the molecule is Cc1cnc(NC(=O)C2CCC(S(=O)O)CC2)nc1. The van der Waals surface area contributed by atoms with E-state index in [2.05, 4.69) is 15.3 Å². The van der Waals surface area contributed by atoms with Gasteiger partial charge in [0.2, 0.25) is 11.9 Å². The predicted molar refractivity (Wildman–Crippen MR) is 71.9 cm³/mol. The summed E-state index contributed by atoms with van der Waals surface area (Å²) in [5.74, 6) is 0.0826. The van der Waals surface area contributed by atoms with E-state index in [1.165, 1.54) is 0 Å². The average molecular weight is 283 g/mol.